The lowest BCUT2D eigenvalue weighted by Crippen LogP contribution is -1.94. The van der Waals surface area contributed by atoms with Crippen molar-refractivity contribution in [3.63, 3.8) is 0 Å². The standard InChI is InChI=1S/C16H16N4OS2/c1-21-14-5-3-2-4-13(14)15-18-11(8-22-15)9-23-16-19-17-10-20(16)12-6-7-12/h2-5,8,10,12H,6-7,9H2,1H3. The van der Waals surface area contributed by atoms with Crippen LogP contribution in [0.15, 0.2) is 41.1 Å². The number of nitrogens with zero attached hydrogens (tertiary/aromatic N) is 4. The topological polar surface area (TPSA) is 52.8 Å². The predicted molar refractivity (Wildman–Crippen MR) is 92.0 cm³/mol. The highest BCUT2D eigenvalue weighted by Gasteiger charge is 2.26. The van der Waals surface area contributed by atoms with Crippen molar-refractivity contribution in [3.8, 4) is 16.3 Å². The number of thiazole rings is 1. The minimum absolute atomic E-state index is 0.604. The first kappa shape index (κ1) is 14.7. The van der Waals surface area contributed by atoms with Crippen LogP contribution in [0.4, 0.5) is 0 Å². The number of para-hydroxylation sites is 1. The average molecular weight is 344 g/mol. The van der Waals surface area contributed by atoms with E-state index in [0.717, 1.165) is 32.9 Å². The van der Waals surface area contributed by atoms with Gasteiger partial charge in [-0.05, 0) is 25.0 Å². The summed E-state index contributed by atoms with van der Waals surface area (Å²) in [5.41, 5.74) is 2.10. The van der Waals surface area contributed by atoms with E-state index in [1.165, 1.54) is 12.8 Å². The van der Waals surface area contributed by atoms with Gasteiger partial charge >= 0.3 is 0 Å². The monoisotopic (exact) mass is 344 g/mol. The molecule has 1 aliphatic rings. The summed E-state index contributed by atoms with van der Waals surface area (Å²) in [7, 11) is 1.69. The van der Waals surface area contributed by atoms with Gasteiger partial charge in [0.05, 0.1) is 18.4 Å². The quantitative estimate of drug-likeness (QED) is 0.632. The van der Waals surface area contributed by atoms with E-state index >= 15 is 0 Å². The molecule has 0 bridgehead atoms. The van der Waals surface area contributed by atoms with Gasteiger partial charge in [0.1, 0.15) is 17.1 Å². The Hall–Kier alpha value is -1.86. The Balaban J connectivity index is 1.49. The molecular weight excluding hydrogens is 328 g/mol. The molecule has 2 aromatic heterocycles. The number of thioether (sulfide) groups is 1. The number of ether oxygens (including phenoxy) is 1. The smallest absolute Gasteiger partial charge is 0.191 e. The molecule has 23 heavy (non-hydrogen) atoms. The normalized spacial score (nSPS) is 14.1. The van der Waals surface area contributed by atoms with Gasteiger partial charge in [0, 0.05) is 17.2 Å². The minimum Gasteiger partial charge on any atom is -0.496 e. The third kappa shape index (κ3) is 3.11. The summed E-state index contributed by atoms with van der Waals surface area (Å²) in [4.78, 5) is 4.74. The van der Waals surface area contributed by atoms with Gasteiger partial charge in [0.25, 0.3) is 0 Å². The molecule has 1 aromatic carbocycles. The zero-order chi connectivity index (χ0) is 15.6. The maximum Gasteiger partial charge on any atom is 0.191 e. The molecule has 1 fully saturated rings. The van der Waals surface area contributed by atoms with E-state index in [1.54, 1.807) is 30.2 Å². The lowest BCUT2D eigenvalue weighted by molar-refractivity contribution is 0.416. The van der Waals surface area contributed by atoms with Crippen molar-refractivity contribution in [3.05, 3.63) is 41.7 Å². The number of benzene rings is 1. The zero-order valence-corrected chi connectivity index (χ0v) is 14.3. The number of hydrogen-bond acceptors (Lipinski definition) is 6. The van der Waals surface area contributed by atoms with Gasteiger partial charge in [-0.1, -0.05) is 23.9 Å². The highest BCUT2D eigenvalue weighted by atomic mass is 32.2. The van der Waals surface area contributed by atoms with Gasteiger partial charge in [0.15, 0.2) is 5.16 Å². The molecule has 5 nitrogen and oxygen atoms in total. The van der Waals surface area contributed by atoms with Crippen LogP contribution >= 0.6 is 23.1 Å². The van der Waals surface area contributed by atoms with E-state index < -0.39 is 0 Å². The van der Waals surface area contributed by atoms with Crippen molar-refractivity contribution in [1.29, 1.82) is 0 Å². The van der Waals surface area contributed by atoms with Gasteiger partial charge in [0.2, 0.25) is 0 Å². The van der Waals surface area contributed by atoms with Gasteiger partial charge in [-0.25, -0.2) is 4.98 Å². The minimum atomic E-state index is 0.604. The van der Waals surface area contributed by atoms with Crippen molar-refractivity contribution in [2.24, 2.45) is 0 Å². The molecule has 1 aliphatic carbocycles. The Morgan fingerprint density at radius 1 is 1.35 bits per heavy atom. The van der Waals surface area contributed by atoms with Crippen LogP contribution < -0.4 is 4.74 Å². The van der Waals surface area contributed by atoms with Crippen LogP contribution in [0.3, 0.4) is 0 Å². The summed E-state index contributed by atoms with van der Waals surface area (Å²) in [5.74, 6) is 1.66. The van der Waals surface area contributed by atoms with Gasteiger partial charge in [-0.2, -0.15) is 0 Å². The molecule has 0 saturated heterocycles. The van der Waals surface area contributed by atoms with Crippen molar-refractivity contribution in [1.82, 2.24) is 19.7 Å². The van der Waals surface area contributed by atoms with Crippen LogP contribution in [0.25, 0.3) is 10.6 Å². The number of rotatable bonds is 6. The summed E-state index contributed by atoms with van der Waals surface area (Å²) in [6.45, 7) is 0. The summed E-state index contributed by atoms with van der Waals surface area (Å²) in [6.07, 6.45) is 4.31. The summed E-state index contributed by atoms with van der Waals surface area (Å²) in [5, 5.41) is 12.3. The van der Waals surface area contributed by atoms with E-state index in [1.807, 2.05) is 30.6 Å². The molecule has 0 N–H and O–H groups in total. The molecule has 0 spiro atoms. The Bertz CT molecular complexity index is 810. The Morgan fingerprint density at radius 2 is 2.22 bits per heavy atom. The molecule has 0 radical (unpaired) electrons. The predicted octanol–water partition coefficient (Wildman–Crippen LogP) is 4.04. The van der Waals surface area contributed by atoms with Crippen LogP contribution in [0, 0.1) is 0 Å². The summed E-state index contributed by atoms with van der Waals surface area (Å²) < 4.78 is 7.60. The average Bonchev–Trinajstić information content (AvgIpc) is 3.14. The second-order valence-corrected chi connectivity index (χ2v) is 7.19. The van der Waals surface area contributed by atoms with Crippen LogP contribution in [0.5, 0.6) is 5.75 Å². The molecule has 0 amide bonds. The van der Waals surface area contributed by atoms with E-state index in [4.69, 9.17) is 9.72 Å². The first-order chi connectivity index (χ1) is 11.3. The van der Waals surface area contributed by atoms with Crippen molar-refractivity contribution in [2.75, 3.05) is 7.11 Å². The van der Waals surface area contributed by atoms with Crippen molar-refractivity contribution >= 4 is 23.1 Å². The fraction of sp³-hybridized carbons (Fsp3) is 0.312. The van der Waals surface area contributed by atoms with E-state index in [0.29, 0.717) is 6.04 Å². The molecular formula is C16H16N4OS2. The molecule has 2 heterocycles. The summed E-state index contributed by atoms with van der Waals surface area (Å²) >= 11 is 3.34. The fourth-order valence-electron chi connectivity index (χ4n) is 2.40. The molecule has 0 aliphatic heterocycles. The van der Waals surface area contributed by atoms with Gasteiger partial charge in [-0.15, -0.1) is 21.5 Å². The third-order valence-corrected chi connectivity index (χ3v) is 5.63. The van der Waals surface area contributed by atoms with E-state index in [-0.39, 0.29) is 0 Å². The van der Waals surface area contributed by atoms with Crippen molar-refractivity contribution < 1.29 is 4.74 Å². The fourth-order valence-corrected chi connectivity index (χ4v) is 4.23. The van der Waals surface area contributed by atoms with Gasteiger partial charge < -0.3 is 9.30 Å². The van der Waals surface area contributed by atoms with Gasteiger partial charge in [-0.3, -0.25) is 0 Å². The molecule has 3 aromatic rings. The highest BCUT2D eigenvalue weighted by molar-refractivity contribution is 7.98. The molecule has 1 saturated carbocycles. The van der Waals surface area contributed by atoms with E-state index in [9.17, 15) is 0 Å². The summed E-state index contributed by atoms with van der Waals surface area (Å²) in [6, 6.07) is 8.58. The number of aromatic nitrogens is 4. The molecule has 118 valence electrons. The number of methoxy groups -OCH3 is 1. The zero-order valence-electron chi connectivity index (χ0n) is 12.7. The number of hydrogen-bond donors (Lipinski definition) is 0. The lowest BCUT2D eigenvalue weighted by Gasteiger charge is -2.04. The highest BCUT2D eigenvalue weighted by Crippen LogP contribution is 2.38. The first-order valence-corrected chi connectivity index (χ1v) is 9.32. The maximum atomic E-state index is 5.42. The largest absolute Gasteiger partial charge is 0.496 e. The molecule has 0 atom stereocenters. The molecule has 4 rings (SSSR count). The second-order valence-electron chi connectivity index (χ2n) is 5.38. The molecule has 0 unspecified atom stereocenters. The Labute approximate surface area is 142 Å². The Morgan fingerprint density at radius 3 is 3.04 bits per heavy atom. The van der Waals surface area contributed by atoms with E-state index in [2.05, 4.69) is 20.1 Å². The third-order valence-electron chi connectivity index (χ3n) is 3.72. The second kappa shape index (κ2) is 6.33. The maximum absolute atomic E-state index is 5.42. The first-order valence-electron chi connectivity index (χ1n) is 7.45. The Kier molecular flexibility index (Phi) is 4.05. The lowest BCUT2D eigenvalue weighted by atomic mass is 10.2. The van der Waals surface area contributed by atoms with Crippen LogP contribution in [0.2, 0.25) is 0 Å². The van der Waals surface area contributed by atoms with Crippen LogP contribution in [-0.2, 0) is 5.75 Å². The molecule has 7 heteroatoms. The van der Waals surface area contributed by atoms with Crippen LogP contribution in [0.1, 0.15) is 24.6 Å². The SMILES string of the molecule is COc1ccccc1-c1nc(CSc2nncn2C2CC2)cs1. The van der Waals surface area contributed by atoms with Crippen LogP contribution in [-0.4, -0.2) is 26.9 Å². The van der Waals surface area contributed by atoms with Crippen molar-refractivity contribution in [2.45, 2.75) is 29.8 Å².